The van der Waals surface area contributed by atoms with E-state index in [4.69, 9.17) is 10.3 Å². The van der Waals surface area contributed by atoms with Crippen LogP contribution in [0.25, 0.3) is 10.7 Å². The SMILES string of the molecule is Cl.NCCN(Cc1ccccc1)Cc1nc(-c2ccc(Br)s2)no1. The van der Waals surface area contributed by atoms with Crippen LogP contribution in [0.1, 0.15) is 11.5 Å². The van der Waals surface area contributed by atoms with Crippen LogP contribution in [-0.2, 0) is 13.1 Å². The Morgan fingerprint density at radius 3 is 2.58 bits per heavy atom. The topological polar surface area (TPSA) is 68.2 Å². The van der Waals surface area contributed by atoms with Crippen LogP contribution in [0.2, 0.25) is 0 Å². The summed E-state index contributed by atoms with van der Waals surface area (Å²) in [7, 11) is 0. The summed E-state index contributed by atoms with van der Waals surface area (Å²) >= 11 is 5.03. The monoisotopic (exact) mass is 428 g/mol. The van der Waals surface area contributed by atoms with E-state index < -0.39 is 0 Å². The highest BCUT2D eigenvalue weighted by molar-refractivity contribution is 9.11. The number of aromatic nitrogens is 2. The van der Waals surface area contributed by atoms with Gasteiger partial charge in [-0.25, -0.2) is 0 Å². The number of hydrogen-bond acceptors (Lipinski definition) is 6. The smallest absolute Gasteiger partial charge is 0.241 e. The molecule has 0 bridgehead atoms. The van der Waals surface area contributed by atoms with E-state index in [2.05, 4.69) is 43.1 Å². The van der Waals surface area contributed by atoms with Crippen LogP contribution < -0.4 is 5.73 Å². The molecule has 0 amide bonds. The molecule has 0 aliphatic rings. The van der Waals surface area contributed by atoms with Gasteiger partial charge in [0.15, 0.2) is 0 Å². The van der Waals surface area contributed by atoms with Crippen LogP contribution in [0.5, 0.6) is 0 Å². The number of rotatable bonds is 7. The summed E-state index contributed by atoms with van der Waals surface area (Å²) in [6.07, 6.45) is 0. The second kappa shape index (κ2) is 9.29. The van der Waals surface area contributed by atoms with E-state index in [1.54, 1.807) is 11.3 Å². The maximum Gasteiger partial charge on any atom is 0.241 e. The molecule has 5 nitrogen and oxygen atoms in total. The molecule has 24 heavy (non-hydrogen) atoms. The fraction of sp³-hybridized carbons (Fsp3) is 0.250. The zero-order chi connectivity index (χ0) is 16.1. The van der Waals surface area contributed by atoms with Gasteiger partial charge in [-0.2, -0.15) is 4.98 Å². The third-order valence-electron chi connectivity index (χ3n) is 3.31. The Morgan fingerprint density at radius 1 is 1.12 bits per heavy atom. The minimum atomic E-state index is 0. The average molecular weight is 430 g/mol. The highest BCUT2D eigenvalue weighted by Crippen LogP contribution is 2.29. The Morgan fingerprint density at radius 2 is 1.92 bits per heavy atom. The Kier molecular flexibility index (Phi) is 7.39. The molecule has 2 N–H and O–H groups in total. The van der Waals surface area contributed by atoms with E-state index in [0.717, 1.165) is 21.8 Å². The summed E-state index contributed by atoms with van der Waals surface area (Å²) in [4.78, 5) is 7.68. The minimum Gasteiger partial charge on any atom is -0.338 e. The number of nitrogens with zero attached hydrogens (tertiary/aromatic N) is 3. The van der Waals surface area contributed by atoms with Gasteiger partial charge in [-0.1, -0.05) is 35.5 Å². The van der Waals surface area contributed by atoms with Crippen molar-refractivity contribution in [3.63, 3.8) is 0 Å². The van der Waals surface area contributed by atoms with Crippen LogP contribution in [-0.4, -0.2) is 28.1 Å². The summed E-state index contributed by atoms with van der Waals surface area (Å²) in [6.45, 7) is 2.76. The standard InChI is InChI=1S/C16H17BrN4OS.ClH/c17-14-7-6-13(23-14)16-19-15(22-20-16)11-21(9-8-18)10-12-4-2-1-3-5-12;/h1-7H,8-11,18H2;1H. The van der Waals surface area contributed by atoms with Gasteiger partial charge in [0.2, 0.25) is 11.7 Å². The predicted octanol–water partition coefficient (Wildman–Crippen LogP) is 3.94. The molecule has 0 aliphatic heterocycles. The second-order valence-corrected chi connectivity index (χ2v) is 7.56. The number of nitrogens with two attached hydrogens (primary N) is 1. The van der Waals surface area contributed by atoms with Gasteiger partial charge < -0.3 is 10.3 Å². The van der Waals surface area contributed by atoms with Crippen LogP contribution in [0.15, 0.2) is 50.8 Å². The fourth-order valence-electron chi connectivity index (χ4n) is 2.28. The van der Waals surface area contributed by atoms with E-state index in [1.165, 1.54) is 5.56 Å². The van der Waals surface area contributed by atoms with Crippen molar-refractivity contribution in [2.75, 3.05) is 13.1 Å². The molecule has 3 rings (SSSR count). The molecule has 0 saturated carbocycles. The maximum atomic E-state index is 5.72. The predicted molar refractivity (Wildman–Crippen MR) is 102 cm³/mol. The summed E-state index contributed by atoms with van der Waals surface area (Å²) in [5, 5.41) is 4.07. The first kappa shape index (κ1) is 19.1. The molecule has 0 fully saturated rings. The molecule has 128 valence electrons. The summed E-state index contributed by atoms with van der Waals surface area (Å²) < 4.78 is 6.44. The first-order valence-corrected chi connectivity index (χ1v) is 8.90. The first-order chi connectivity index (χ1) is 11.2. The van der Waals surface area contributed by atoms with Crippen LogP contribution in [0.3, 0.4) is 0 Å². The molecule has 0 saturated heterocycles. The van der Waals surface area contributed by atoms with E-state index >= 15 is 0 Å². The number of benzene rings is 1. The largest absolute Gasteiger partial charge is 0.338 e. The lowest BCUT2D eigenvalue weighted by Gasteiger charge is -2.19. The summed E-state index contributed by atoms with van der Waals surface area (Å²) in [5.41, 5.74) is 6.96. The fourth-order valence-corrected chi connectivity index (χ4v) is 3.59. The van der Waals surface area contributed by atoms with Gasteiger partial charge in [0.1, 0.15) is 0 Å². The molecule has 1 aromatic carbocycles. The molecule has 0 radical (unpaired) electrons. The third-order valence-corrected chi connectivity index (χ3v) is 4.93. The normalized spacial score (nSPS) is 10.8. The van der Waals surface area contributed by atoms with Crippen LogP contribution in [0, 0.1) is 0 Å². The molecular weight excluding hydrogens is 412 g/mol. The van der Waals surface area contributed by atoms with Crippen molar-refractivity contribution < 1.29 is 4.52 Å². The molecule has 0 unspecified atom stereocenters. The average Bonchev–Trinajstić information content (AvgIpc) is 3.17. The number of thiophene rings is 1. The van der Waals surface area contributed by atoms with E-state index in [0.29, 0.717) is 24.8 Å². The van der Waals surface area contributed by atoms with Gasteiger partial charge in [-0.15, -0.1) is 23.7 Å². The molecular formula is C16H18BrClN4OS. The van der Waals surface area contributed by atoms with Gasteiger partial charge in [-0.3, -0.25) is 4.90 Å². The maximum absolute atomic E-state index is 5.72. The third kappa shape index (κ3) is 5.12. The first-order valence-electron chi connectivity index (χ1n) is 7.29. The second-order valence-electron chi connectivity index (χ2n) is 5.10. The summed E-state index contributed by atoms with van der Waals surface area (Å²) in [5.74, 6) is 1.23. The van der Waals surface area contributed by atoms with Gasteiger partial charge in [0.25, 0.3) is 0 Å². The van der Waals surface area contributed by atoms with Gasteiger partial charge in [0.05, 0.1) is 15.2 Å². The Hall–Kier alpha value is -1.25. The molecule has 8 heteroatoms. The molecule has 0 spiro atoms. The van der Waals surface area contributed by atoms with Crippen molar-refractivity contribution in [3.8, 4) is 10.7 Å². The van der Waals surface area contributed by atoms with Crippen molar-refractivity contribution in [1.29, 1.82) is 0 Å². The highest BCUT2D eigenvalue weighted by Gasteiger charge is 2.14. The van der Waals surface area contributed by atoms with E-state index in [-0.39, 0.29) is 12.4 Å². The Labute approximate surface area is 159 Å². The van der Waals surface area contributed by atoms with Gasteiger partial charge in [0, 0.05) is 19.6 Å². The van der Waals surface area contributed by atoms with Crippen molar-refractivity contribution >= 4 is 39.7 Å². The van der Waals surface area contributed by atoms with Crippen molar-refractivity contribution in [3.05, 3.63) is 57.7 Å². The minimum absolute atomic E-state index is 0. The lowest BCUT2D eigenvalue weighted by Crippen LogP contribution is -2.28. The Bertz CT molecular complexity index is 749. The molecule has 0 atom stereocenters. The molecule has 2 heterocycles. The lowest BCUT2D eigenvalue weighted by atomic mass is 10.2. The van der Waals surface area contributed by atoms with Crippen molar-refractivity contribution in [2.24, 2.45) is 5.73 Å². The number of halogens is 2. The van der Waals surface area contributed by atoms with E-state index in [9.17, 15) is 0 Å². The Balaban J connectivity index is 0.00000208. The highest BCUT2D eigenvalue weighted by atomic mass is 79.9. The quantitative estimate of drug-likeness (QED) is 0.616. The molecule has 3 aromatic rings. The van der Waals surface area contributed by atoms with Gasteiger partial charge >= 0.3 is 0 Å². The van der Waals surface area contributed by atoms with Crippen molar-refractivity contribution in [2.45, 2.75) is 13.1 Å². The van der Waals surface area contributed by atoms with E-state index in [1.807, 2.05) is 30.3 Å². The van der Waals surface area contributed by atoms with Crippen LogP contribution >= 0.6 is 39.7 Å². The van der Waals surface area contributed by atoms with Crippen molar-refractivity contribution in [1.82, 2.24) is 15.0 Å². The zero-order valence-corrected chi connectivity index (χ0v) is 16.1. The zero-order valence-electron chi connectivity index (χ0n) is 12.9. The molecule has 0 aliphatic carbocycles. The lowest BCUT2D eigenvalue weighted by molar-refractivity contribution is 0.224. The molecule has 2 aromatic heterocycles. The van der Waals surface area contributed by atoms with Crippen LogP contribution in [0.4, 0.5) is 0 Å². The number of hydrogen-bond donors (Lipinski definition) is 1. The van der Waals surface area contributed by atoms with Gasteiger partial charge in [-0.05, 0) is 33.6 Å². The summed E-state index contributed by atoms with van der Waals surface area (Å²) in [6, 6.07) is 14.3.